The predicted molar refractivity (Wildman–Crippen MR) is 112 cm³/mol. The third kappa shape index (κ3) is 5.87. The summed E-state index contributed by atoms with van der Waals surface area (Å²) in [4.78, 5) is 23.9. The Morgan fingerprint density at radius 2 is 1.50 bits per heavy atom. The largest absolute Gasteiger partial charge is 0.496 e. The van der Waals surface area contributed by atoms with Crippen molar-refractivity contribution in [3.05, 3.63) is 47.5 Å². The summed E-state index contributed by atoms with van der Waals surface area (Å²) in [6.45, 7) is 0.270. The summed E-state index contributed by atoms with van der Waals surface area (Å²) < 4.78 is 20.9. The second-order valence-electron chi connectivity index (χ2n) is 5.97. The van der Waals surface area contributed by atoms with Crippen molar-refractivity contribution in [3.63, 3.8) is 0 Å². The van der Waals surface area contributed by atoms with E-state index in [9.17, 15) is 9.59 Å². The van der Waals surface area contributed by atoms with Crippen LogP contribution in [0.2, 0.25) is 0 Å². The maximum absolute atomic E-state index is 12.0. The zero-order chi connectivity index (χ0) is 21.9. The van der Waals surface area contributed by atoms with Gasteiger partial charge in [0.1, 0.15) is 11.5 Å². The van der Waals surface area contributed by atoms with Gasteiger partial charge >= 0.3 is 11.8 Å². The van der Waals surface area contributed by atoms with E-state index in [0.717, 1.165) is 5.56 Å². The topological polar surface area (TPSA) is 107 Å². The van der Waals surface area contributed by atoms with E-state index in [1.54, 1.807) is 38.5 Å². The molecular formula is C21H25N3O6. The van der Waals surface area contributed by atoms with Gasteiger partial charge in [0.15, 0.2) is 11.5 Å². The summed E-state index contributed by atoms with van der Waals surface area (Å²) in [5.41, 5.74) is 3.65. The van der Waals surface area contributed by atoms with Crippen molar-refractivity contribution in [1.29, 1.82) is 0 Å². The molecule has 0 aromatic heterocycles. The quantitative estimate of drug-likeness (QED) is 0.365. The first-order chi connectivity index (χ1) is 14.5. The highest BCUT2D eigenvalue weighted by molar-refractivity contribution is 6.35. The smallest absolute Gasteiger partial charge is 0.329 e. The lowest BCUT2D eigenvalue weighted by Gasteiger charge is -2.10. The first-order valence-corrected chi connectivity index (χ1v) is 9.07. The summed E-state index contributed by atoms with van der Waals surface area (Å²) in [7, 11) is 6.13. The monoisotopic (exact) mass is 415 g/mol. The summed E-state index contributed by atoms with van der Waals surface area (Å²) in [6, 6.07) is 10.7. The number of rotatable bonds is 9. The molecule has 0 aliphatic rings. The van der Waals surface area contributed by atoms with E-state index in [4.69, 9.17) is 18.9 Å². The minimum Gasteiger partial charge on any atom is -0.496 e. The maximum atomic E-state index is 12.0. The maximum Gasteiger partial charge on any atom is 0.329 e. The van der Waals surface area contributed by atoms with Crippen molar-refractivity contribution in [3.8, 4) is 23.0 Å². The van der Waals surface area contributed by atoms with E-state index in [2.05, 4.69) is 15.8 Å². The molecule has 2 N–H and O–H groups in total. The Labute approximate surface area is 175 Å². The highest BCUT2D eigenvalue weighted by Crippen LogP contribution is 2.27. The fourth-order valence-corrected chi connectivity index (χ4v) is 2.65. The number of benzene rings is 2. The normalized spacial score (nSPS) is 10.4. The summed E-state index contributed by atoms with van der Waals surface area (Å²) in [5, 5.41) is 6.36. The Hall–Kier alpha value is -3.75. The molecule has 30 heavy (non-hydrogen) atoms. The van der Waals surface area contributed by atoms with Gasteiger partial charge in [0.2, 0.25) is 0 Å². The number of ether oxygens (including phenoxy) is 4. The Balaban J connectivity index is 1.87. The van der Waals surface area contributed by atoms with Crippen LogP contribution in [-0.2, 0) is 16.0 Å². The highest BCUT2D eigenvalue weighted by Gasteiger charge is 2.13. The minimum absolute atomic E-state index is 0.270. The number of nitrogens with one attached hydrogen (secondary N) is 2. The average molecular weight is 415 g/mol. The zero-order valence-electron chi connectivity index (χ0n) is 17.4. The number of carbonyl (C=O) groups is 2. The number of carbonyl (C=O) groups excluding carboxylic acids is 2. The van der Waals surface area contributed by atoms with Crippen molar-refractivity contribution in [2.24, 2.45) is 5.10 Å². The first-order valence-electron chi connectivity index (χ1n) is 9.07. The van der Waals surface area contributed by atoms with Crippen LogP contribution in [0.5, 0.6) is 23.0 Å². The molecule has 0 saturated heterocycles. The van der Waals surface area contributed by atoms with E-state index >= 15 is 0 Å². The molecule has 0 saturated carbocycles. The highest BCUT2D eigenvalue weighted by atomic mass is 16.5. The van der Waals surface area contributed by atoms with Gasteiger partial charge in [0, 0.05) is 6.54 Å². The van der Waals surface area contributed by atoms with E-state index in [1.165, 1.54) is 20.4 Å². The predicted octanol–water partition coefficient (Wildman–Crippen LogP) is 1.53. The molecule has 9 nitrogen and oxygen atoms in total. The van der Waals surface area contributed by atoms with Crippen molar-refractivity contribution >= 4 is 18.0 Å². The second kappa shape index (κ2) is 11.3. The standard InChI is InChI=1S/C21H25N3O6/c1-27-16-6-5-7-17(28-2)15(16)13-23-24-21(26)20(25)22-11-10-14-8-9-18(29-3)19(12-14)30-4/h5-9,12-13H,10-11H2,1-4H3,(H,22,25)(H,24,26)/b23-13-. The van der Waals surface area contributed by atoms with Crippen molar-refractivity contribution in [2.75, 3.05) is 35.0 Å². The van der Waals surface area contributed by atoms with E-state index in [-0.39, 0.29) is 6.54 Å². The number of hydrazone groups is 1. The Kier molecular flexibility index (Phi) is 8.49. The van der Waals surface area contributed by atoms with E-state index < -0.39 is 11.8 Å². The molecule has 0 unspecified atom stereocenters. The Bertz CT molecular complexity index is 891. The molecular weight excluding hydrogens is 390 g/mol. The van der Waals surface area contributed by atoms with Gasteiger partial charge in [-0.2, -0.15) is 5.10 Å². The molecule has 2 amide bonds. The average Bonchev–Trinajstić information content (AvgIpc) is 2.78. The van der Waals surface area contributed by atoms with Crippen LogP contribution in [-0.4, -0.2) is 53.0 Å². The third-order valence-electron chi connectivity index (χ3n) is 4.18. The summed E-state index contributed by atoms with van der Waals surface area (Å²) in [6.07, 6.45) is 1.87. The minimum atomic E-state index is -0.882. The van der Waals surface area contributed by atoms with Crippen LogP contribution in [0.25, 0.3) is 0 Å². The van der Waals surface area contributed by atoms with Gasteiger partial charge < -0.3 is 24.3 Å². The van der Waals surface area contributed by atoms with Crippen LogP contribution < -0.4 is 29.7 Å². The van der Waals surface area contributed by atoms with Gasteiger partial charge in [-0.15, -0.1) is 0 Å². The van der Waals surface area contributed by atoms with Gasteiger partial charge in [-0.25, -0.2) is 5.43 Å². The van der Waals surface area contributed by atoms with Crippen LogP contribution >= 0.6 is 0 Å². The summed E-state index contributed by atoms with van der Waals surface area (Å²) in [5.74, 6) is 0.583. The molecule has 2 aromatic carbocycles. The number of methoxy groups -OCH3 is 4. The molecule has 0 aliphatic carbocycles. The van der Waals surface area contributed by atoms with Gasteiger partial charge in [0.25, 0.3) is 0 Å². The van der Waals surface area contributed by atoms with Gasteiger partial charge in [-0.05, 0) is 36.2 Å². The van der Waals surface area contributed by atoms with Crippen molar-refractivity contribution in [1.82, 2.24) is 10.7 Å². The molecule has 2 aromatic rings. The Morgan fingerprint density at radius 3 is 2.10 bits per heavy atom. The molecule has 0 aliphatic heterocycles. The number of hydrogen-bond donors (Lipinski definition) is 2. The van der Waals surface area contributed by atoms with Crippen LogP contribution in [0, 0.1) is 0 Å². The SMILES string of the molecule is COc1ccc(CCNC(=O)C(=O)N/N=C\c2c(OC)cccc2OC)cc1OC. The van der Waals surface area contributed by atoms with Gasteiger partial charge in [-0.1, -0.05) is 12.1 Å². The molecule has 2 rings (SSSR count). The molecule has 0 heterocycles. The fraction of sp³-hybridized carbons (Fsp3) is 0.286. The second-order valence-corrected chi connectivity index (χ2v) is 5.97. The Morgan fingerprint density at radius 1 is 0.867 bits per heavy atom. The first kappa shape index (κ1) is 22.5. The number of hydrogen-bond acceptors (Lipinski definition) is 7. The molecule has 0 spiro atoms. The molecule has 0 bridgehead atoms. The molecule has 9 heteroatoms. The van der Waals surface area contributed by atoms with Crippen LogP contribution in [0.3, 0.4) is 0 Å². The van der Waals surface area contributed by atoms with E-state index in [1.807, 2.05) is 12.1 Å². The zero-order valence-corrected chi connectivity index (χ0v) is 17.4. The molecule has 160 valence electrons. The van der Waals surface area contributed by atoms with E-state index in [0.29, 0.717) is 35.0 Å². The lowest BCUT2D eigenvalue weighted by molar-refractivity contribution is -0.139. The summed E-state index contributed by atoms with van der Waals surface area (Å²) >= 11 is 0. The van der Waals surface area contributed by atoms with Crippen LogP contribution in [0.1, 0.15) is 11.1 Å². The van der Waals surface area contributed by atoms with Crippen LogP contribution in [0.4, 0.5) is 0 Å². The van der Waals surface area contributed by atoms with Crippen molar-refractivity contribution in [2.45, 2.75) is 6.42 Å². The lowest BCUT2D eigenvalue weighted by atomic mass is 10.1. The third-order valence-corrected chi connectivity index (χ3v) is 4.18. The lowest BCUT2D eigenvalue weighted by Crippen LogP contribution is -2.38. The molecule has 0 atom stereocenters. The molecule has 0 radical (unpaired) electrons. The van der Waals surface area contributed by atoms with Gasteiger partial charge in [-0.3, -0.25) is 9.59 Å². The van der Waals surface area contributed by atoms with Crippen molar-refractivity contribution < 1.29 is 28.5 Å². The number of amides is 2. The fourth-order valence-electron chi connectivity index (χ4n) is 2.65. The number of nitrogens with zero attached hydrogens (tertiary/aromatic N) is 1. The molecule has 0 fully saturated rings. The van der Waals surface area contributed by atoms with Gasteiger partial charge in [0.05, 0.1) is 40.2 Å². The van der Waals surface area contributed by atoms with Crippen LogP contribution in [0.15, 0.2) is 41.5 Å².